The van der Waals surface area contributed by atoms with Crippen LogP contribution in [0.25, 0.3) is 10.2 Å². The third-order valence-corrected chi connectivity index (χ3v) is 3.73. The van der Waals surface area contributed by atoms with Crippen LogP contribution in [-0.4, -0.2) is 18.0 Å². The van der Waals surface area contributed by atoms with Gasteiger partial charge in [0.2, 0.25) is 0 Å². The maximum atomic E-state index is 10.7. The summed E-state index contributed by atoms with van der Waals surface area (Å²) in [4.78, 5) is 2.56. The van der Waals surface area contributed by atoms with Crippen molar-refractivity contribution in [1.82, 2.24) is 4.98 Å². The molecule has 2 aromatic rings. The Morgan fingerprint density at radius 1 is 1.40 bits per heavy atom. The first-order valence-electron chi connectivity index (χ1n) is 3.55. The van der Waals surface area contributed by atoms with Crippen LogP contribution >= 0.6 is 23.6 Å². The summed E-state index contributed by atoms with van der Waals surface area (Å²) in [6, 6.07) is 4.14. The Bertz CT molecular complexity index is 643. The van der Waals surface area contributed by atoms with Gasteiger partial charge in [-0.15, -0.1) is 11.3 Å². The van der Waals surface area contributed by atoms with Crippen molar-refractivity contribution in [3.05, 3.63) is 22.2 Å². The first-order valence-corrected chi connectivity index (χ1v) is 6.19. The number of hydrogen-bond donors (Lipinski definition) is 1. The summed E-state index contributed by atoms with van der Waals surface area (Å²) in [6.45, 7) is 0. The molecule has 0 aliphatic rings. The van der Waals surface area contributed by atoms with Crippen molar-refractivity contribution in [3.63, 3.8) is 0 Å². The number of nitrogens with one attached hydrogen (secondary N) is 1. The summed E-state index contributed by atoms with van der Waals surface area (Å²) >= 11 is 6.22. The molecule has 0 aliphatic heterocycles. The van der Waals surface area contributed by atoms with Gasteiger partial charge in [0.05, 0.1) is 15.1 Å². The quantitative estimate of drug-likeness (QED) is 0.409. The van der Waals surface area contributed by atoms with Gasteiger partial charge < -0.3 is 9.54 Å². The Labute approximate surface area is 138 Å². The van der Waals surface area contributed by atoms with E-state index in [1.54, 1.807) is 6.07 Å². The van der Waals surface area contributed by atoms with E-state index >= 15 is 0 Å². The molecule has 0 radical (unpaired) electrons. The molecule has 0 amide bonds. The minimum absolute atomic E-state index is 0. The van der Waals surface area contributed by atoms with Crippen molar-refractivity contribution in [2.45, 2.75) is 4.90 Å². The van der Waals surface area contributed by atoms with Crippen molar-refractivity contribution in [3.8, 4) is 0 Å². The number of benzene rings is 1. The van der Waals surface area contributed by atoms with Gasteiger partial charge in [-0.05, 0) is 30.4 Å². The van der Waals surface area contributed by atoms with Crippen LogP contribution in [0.15, 0.2) is 23.1 Å². The maximum absolute atomic E-state index is 10.7. The average Bonchev–Trinajstić information content (AvgIpc) is 2.41. The Hall–Kier alpha value is 0.876. The number of thiazole rings is 1. The number of hydrogen-bond acceptors (Lipinski definition) is 5. The minimum Gasteiger partial charge on any atom is -0.744 e. The van der Waals surface area contributed by atoms with Crippen LogP contribution in [0.3, 0.4) is 0 Å². The number of H-pyrrole nitrogens is 1. The Morgan fingerprint density at radius 3 is 2.67 bits per heavy atom. The second-order valence-corrected chi connectivity index (χ2v) is 5.73. The largest absolute Gasteiger partial charge is 1.00 e. The molecule has 15 heavy (non-hydrogen) atoms. The van der Waals surface area contributed by atoms with Crippen LogP contribution in [0.2, 0.25) is 0 Å². The van der Waals surface area contributed by atoms with E-state index < -0.39 is 10.1 Å². The Balaban J connectivity index is 0.00000112. The van der Waals surface area contributed by atoms with E-state index in [2.05, 4.69) is 4.98 Å². The molecule has 74 valence electrons. The van der Waals surface area contributed by atoms with Gasteiger partial charge >= 0.3 is 51.4 Å². The van der Waals surface area contributed by atoms with E-state index in [0.29, 0.717) is 9.47 Å². The molecule has 4 nitrogen and oxygen atoms in total. The molecule has 1 aromatic heterocycles. The van der Waals surface area contributed by atoms with Crippen LogP contribution in [0, 0.1) is 3.95 Å². The summed E-state index contributed by atoms with van der Waals surface area (Å²) in [5, 5.41) is 0. The zero-order chi connectivity index (χ0) is 10.3. The van der Waals surface area contributed by atoms with Crippen LogP contribution in [-0.2, 0) is 10.1 Å². The van der Waals surface area contributed by atoms with Crippen LogP contribution in [0.1, 0.15) is 0 Å². The SMILES string of the molecule is O=S(=O)([O-])c1ccc2sc(=S)[nH]c2c1.[K+]. The summed E-state index contributed by atoms with van der Waals surface area (Å²) in [5.74, 6) is 0. The minimum atomic E-state index is -4.38. The van der Waals surface area contributed by atoms with E-state index in [9.17, 15) is 13.0 Å². The van der Waals surface area contributed by atoms with Crippen LogP contribution < -0.4 is 51.4 Å². The third kappa shape index (κ3) is 3.17. The molecule has 0 saturated heterocycles. The molecule has 0 aliphatic carbocycles. The molecule has 2 rings (SSSR count). The second-order valence-electron chi connectivity index (χ2n) is 2.63. The first kappa shape index (κ1) is 13.9. The van der Waals surface area contributed by atoms with Gasteiger partial charge in [0.15, 0.2) is 3.95 Å². The predicted molar refractivity (Wildman–Crippen MR) is 55.0 cm³/mol. The van der Waals surface area contributed by atoms with Crippen molar-refractivity contribution >= 4 is 43.9 Å². The molecule has 0 atom stereocenters. The molecule has 0 bridgehead atoms. The molecule has 0 spiro atoms. The van der Waals surface area contributed by atoms with E-state index in [1.807, 2.05) is 0 Å². The molecular weight excluding hydrogens is 281 g/mol. The molecule has 1 aromatic carbocycles. The molecule has 0 unspecified atom stereocenters. The summed E-state index contributed by atoms with van der Waals surface area (Å²) in [7, 11) is -4.38. The molecular formula is C7H4KNO3S3. The number of fused-ring (bicyclic) bond motifs is 1. The van der Waals surface area contributed by atoms with Gasteiger partial charge in [0, 0.05) is 0 Å². The molecule has 8 heteroatoms. The number of rotatable bonds is 1. The van der Waals surface area contributed by atoms with Gasteiger partial charge in [0.25, 0.3) is 0 Å². The fraction of sp³-hybridized carbons (Fsp3) is 0. The molecule has 0 saturated carbocycles. The summed E-state index contributed by atoms with van der Waals surface area (Å²) in [5.41, 5.74) is 0.580. The van der Waals surface area contributed by atoms with E-state index in [-0.39, 0.29) is 56.3 Å². The third-order valence-electron chi connectivity index (χ3n) is 1.68. The summed E-state index contributed by atoms with van der Waals surface area (Å²) < 4.78 is 33.5. The summed E-state index contributed by atoms with van der Waals surface area (Å²) in [6.07, 6.45) is 0. The smallest absolute Gasteiger partial charge is 0.744 e. The van der Waals surface area contributed by atoms with E-state index in [0.717, 1.165) is 4.70 Å². The van der Waals surface area contributed by atoms with E-state index in [4.69, 9.17) is 12.2 Å². The normalized spacial score (nSPS) is 11.3. The standard InChI is InChI=1S/C7H5NO3S3.K/c9-14(10,11)4-1-2-6-5(3-4)8-7(12)13-6;/h1-3H,(H,8,12)(H,9,10,11);/q;+1/p-1. The average molecular weight is 285 g/mol. The predicted octanol–water partition coefficient (Wildman–Crippen LogP) is -1.13. The fourth-order valence-electron chi connectivity index (χ4n) is 1.09. The molecule has 1 N–H and O–H groups in total. The van der Waals surface area contributed by atoms with Gasteiger partial charge in [0.1, 0.15) is 10.1 Å². The van der Waals surface area contributed by atoms with Crippen molar-refractivity contribution in [2.75, 3.05) is 0 Å². The number of aromatic amines is 1. The zero-order valence-electron chi connectivity index (χ0n) is 7.68. The van der Waals surface area contributed by atoms with Gasteiger partial charge in [-0.3, -0.25) is 0 Å². The molecule has 0 fully saturated rings. The first-order chi connectivity index (χ1) is 6.47. The van der Waals surface area contributed by atoms with Crippen LogP contribution in [0.5, 0.6) is 0 Å². The van der Waals surface area contributed by atoms with Gasteiger partial charge in [-0.25, -0.2) is 8.42 Å². The van der Waals surface area contributed by atoms with Gasteiger partial charge in [-0.1, -0.05) is 0 Å². The maximum Gasteiger partial charge on any atom is 1.00 e. The van der Waals surface area contributed by atoms with Crippen molar-refractivity contribution < 1.29 is 64.4 Å². The van der Waals surface area contributed by atoms with Crippen molar-refractivity contribution in [1.29, 1.82) is 0 Å². The Kier molecular flexibility index (Phi) is 4.67. The zero-order valence-corrected chi connectivity index (χ0v) is 13.3. The van der Waals surface area contributed by atoms with Crippen molar-refractivity contribution in [2.24, 2.45) is 0 Å². The fourth-order valence-corrected chi connectivity index (χ4v) is 2.68. The topological polar surface area (TPSA) is 73.0 Å². The van der Waals surface area contributed by atoms with Crippen LogP contribution in [0.4, 0.5) is 0 Å². The Morgan fingerprint density at radius 2 is 2.07 bits per heavy atom. The second kappa shape index (κ2) is 5.02. The monoisotopic (exact) mass is 285 g/mol. The molecule has 1 heterocycles. The number of aromatic nitrogens is 1. The van der Waals surface area contributed by atoms with Gasteiger partial charge in [-0.2, -0.15) is 0 Å². The van der Waals surface area contributed by atoms with E-state index in [1.165, 1.54) is 23.5 Å².